The molecular weight excluding hydrogens is 308 g/mol. The van der Waals surface area contributed by atoms with Gasteiger partial charge in [0.15, 0.2) is 0 Å². The third-order valence-electron chi connectivity index (χ3n) is 5.16. The van der Waals surface area contributed by atoms with Crippen molar-refractivity contribution in [2.24, 2.45) is 11.8 Å². The second-order valence-electron chi connectivity index (χ2n) is 6.81. The molecule has 3 heterocycles. The summed E-state index contributed by atoms with van der Waals surface area (Å²) in [5, 5.41) is 1.12. The Morgan fingerprint density at radius 2 is 2.17 bits per heavy atom. The molecule has 0 aromatic carbocycles. The van der Waals surface area contributed by atoms with Crippen molar-refractivity contribution in [3.63, 3.8) is 0 Å². The van der Waals surface area contributed by atoms with Crippen LogP contribution in [0.25, 0.3) is 11.0 Å². The van der Waals surface area contributed by atoms with E-state index < -0.39 is 0 Å². The van der Waals surface area contributed by atoms with Crippen molar-refractivity contribution in [1.82, 2.24) is 15.0 Å². The molecule has 5 nitrogen and oxygen atoms in total. The topological polar surface area (TPSA) is 54.0 Å². The van der Waals surface area contributed by atoms with Gasteiger partial charge >= 0.3 is 0 Å². The van der Waals surface area contributed by atoms with E-state index in [1.165, 1.54) is 30.8 Å². The Balaban J connectivity index is 1.27. The highest BCUT2D eigenvalue weighted by Gasteiger charge is 2.33. The van der Waals surface area contributed by atoms with Crippen molar-refractivity contribution < 1.29 is 4.74 Å². The molecule has 1 N–H and O–H groups in total. The number of nitrogens with zero attached hydrogens (tertiary/aromatic N) is 3. The molecule has 1 aliphatic carbocycles. The lowest BCUT2D eigenvalue weighted by molar-refractivity contribution is 0.189. The Morgan fingerprint density at radius 1 is 1.30 bits per heavy atom. The van der Waals surface area contributed by atoms with Crippen molar-refractivity contribution in [1.29, 1.82) is 0 Å². The molecule has 1 aliphatic heterocycles. The SMILES string of the molecule is CN(c1ncnc2[nH]ccc12)[C@H]1C[C@@H](CSCC2CCOC2)C1. The van der Waals surface area contributed by atoms with Crippen LogP contribution >= 0.6 is 11.8 Å². The minimum Gasteiger partial charge on any atom is -0.381 e. The monoisotopic (exact) mass is 332 g/mol. The van der Waals surface area contributed by atoms with Crippen LogP contribution in [0.5, 0.6) is 0 Å². The zero-order valence-corrected chi connectivity index (χ0v) is 14.4. The van der Waals surface area contributed by atoms with Gasteiger partial charge in [0.25, 0.3) is 0 Å². The Hall–Kier alpha value is -1.27. The van der Waals surface area contributed by atoms with Gasteiger partial charge in [-0.05, 0) is 48.7 Å². The predicted molar refractivity (Wildman–Crippen MR) is 95.1 cm³/mol. The molecule has 2 aromatic heterocycles. The van der Waals surface area contributed by atoms with Crippen molar-refractivity contribution in [3.05, 3.63) is 18.6 Å². The summed E-state index contributed by atoms with van der Waals surface area (Å²) in [4.78, 5) is 14.3. The number of aromatic amines is 1. The van der Waals surface area contributed by atoms with Crippen molar-refractivity contribution in [2.75, 3.05) is 36.7 Å². The fourth-order valence-electron chi connectivity index (χ4n) is 3.58. The zero-order valence-electron chi connectivity index (χ0n) is 13.6. The van der Waals surface area contributed by atoms with Crippen LogP contribution in [0.2, 0.25) is 0 Å². The maximum atomic E-state index is 5.45. The summed E-state index contributed by atoms with van der Waals surface area (Å²) in [5.74, 6) is 5.27. The second-order valence-corrected chi connectivity index (χ2v) is 7.88. The average molecular weight is 332 g/mol. The molecule has 1 atom stereocenters. The first-order valence-electron chi connectivity index (χ1n) is 8.47. The van der Waals surface area contributed by atoms with Gasteiger partial charge in [-0.2, -0.15) is 11.8 Å². The Bertz CT molecular complexity index is 649. The molecule has 0 bridgehead atoms. The van der Waals surface area contributed by atoms with Crippen molar-refractivity contribution in [3.8, 4) is 0 Å². The summed E-state index contributed by atoms with van der Waals surface area (Å²) in [7, 11) is 2.17. The predicted octanol–water partition coefficient (Wildman–Crippen LogP) is 2.94. The fourth-order valence-corrected chi connectivity index (χ4v) is 4.92. The van der Waals surface area contributed by atoms with Crippen LogP contribution in [0.15, 0.2) is 18.6 Å². The van der Waals surface area contributed by atoms with Crippen LogP contribution < -0.4 is 4.90 Å². The third-order valence-corrected chi connectivity index (χ3v) is 6.57. The molecule has 2 aromatic rings. The van der Waals surface area contributed by atoms with Crippen molar-refractivity contribution >= 4 is 28.6 Å². The van der Waals surface area contributed by atoms with Crippen LogP contribution in [0, 0.1) is 11.8 Å². The largest absolute Gasteiger partial charge is 0.381 e. The van der Waals surface area contributed by atoms with Gasteiger partial charge < -0.3 is 14.6 Å². The summed E-state index contributed by atoms with van der Waals surface area (Å²) in [5.41, 5.74) is 0.923. The van der Waals surface area contributed by atoms with E-state index in [9.17, 15) is 0 Å². The van der Waals surface area contributed by atoms with Gasteiger partial charge in [-0.25, -0.2) is 9.97 Å². The van der Waals surface area contributed by atoms with Crippen LogP contribution in [0.1, 0.15) is 19.3 Å². The normalized spacial score (nSPS) is 27.3. The Kier molecular flexibility index (Phi) is 4.44. The number of hydrogen-bond acceptors (Lipinski definition) is 5. The maximum absolute atomic E-state index is 5.45. The summed E-state index contributed by atoms with van der Waals surface area (Å²) in [6.45, 7) is 1.94. The third kappa shape index (κ3) is 3.19. The van der Waals surface area contributed by atoms with E-state index in [-0.39, 0.29) is 0 Å². The number of fused-ring (bicyclic) bond motifs is 1. The number of thioether (sulfide) groups is 1. The minimum atomic E-state index is 0.614. The molecule has 2 aliphatic rings. The standard InChI is InChI=1S/C17H24N4OS/c1-21(17-15-2-4-18-16(15)19-11-20-17)14-6-13(7-14)10-23-9-12-3-5-22-8-12/h2,4,11-14H,3,5-10H2,1H3,(H,18,19,20)/t12?,13-,14+. The number of ether oxygens (including phenoxy) is 1. The van der Waals surface area contributed by atoms with Gasteiger partial charge in [0, 0.05) is 25.9 Å². The number of anilines is 1. The Morgan fingerprint density at radius 3 is 3.00 bits per heavy atom. The molecule has 6 heteroatoms. The van der Waals surface area contributed by atoms with E-state index in [2.05, 4.69) is 44.7 Å². The van der Waals surface area contributed by atoms with E-state index in [1.54, 1.807) is 6.33 Å². The molecule has 0 radical (unpaired) electrons. The van der Waals surface area contributed by atoms with Crippen LogP contribution in [-0.4, -0.2) is 52.8 Å². The van der Waals surface area contributed by atoms with E-state index in [4.69, 9.17) is 4.74 Å². The molecule has 0 amide bonds. The number of rotatable bonds is 6. The number of aromatic nitrogens is 3. The first kappa shape index (κ1) is 15.3. The van der Waals surface area contributed by atoms with Gasteiger partial charge in [-0.3, -0.25) is 0 Å². The molecule has 2 fully saturated rings. The van der Waals surface area contributed by atoms with Gasteiger partial charge in [-0.1, -0.05) is 0 Å². The molecular formula is C17H24N4OS. The maximum Gasteiger partial charge on any atom is 0.142 e. The summed E-state index contributed by atoms with van der Waals surface area (Å²) >= 11 is 2.12. The highest BCUT2D eigenvalue weighted by atomic mass is 32.2. The fraction of sp³-hybridized carbons (Fsp3) is 0.647. The van der Waals surface area contributed by atoms with Crippen LogP contribution in [-0.2, 0) is 4.74 Å². The lowest BCUT2D eigenvalue weighted by Crippen LogP contribution is -2.44. The number of hydrogen-bond donors (Lipinski definition) is 1. The van der Waals surface area contributed by atoms with E-state index in [0.29, 0.717) is 6.04 Å². The van der Waals surface area contributed by atoms with E-state index in [1.807, 2.05) is 6.20 Å². The van der Waals surface area contributed by atoms with Crippen molar-refractivity contribution in [2.45, 2.75) is 25.3 Å². The number of H-pyrrole nitrogens is 1. The molecule has 1 saturated heterocycles. The summed E-state index contributed by atoms with van der Waals surface area (Å²) < 4.78 is 5.45. The van der Waals surface area contributed by atoms with Crippen LogP contribution in [0.3, 0.4) is 0 Å². The van der Waals surface area contributed by atoms with Gasteiger partial charge in [0.1, 0.15) is 17.8 Å². The van der Waals surface area contributed by atoms with Gasteiger partial charge in [0.2, 0.25) is 0 Å². The second kappa shape index (κ2) is 6.69. The number of nitrogens with one attached hydrogen (secondary N) is 1. The smallest absolute Gasteiger partial charge is 0.142 e. The molecule has 124 valence electrons. The van der Waals surface area contributed by atoms with E-state index in [0.717, 1.165) is 41.9 Å². The first-order valence-corrected chi connectivity index (χ1v) is 9.63. The van der Waals surface area contributed by atoms with Crippen LogP contribution in [0.4, 0.5) is 5.82 Å². The first-order chi connectivity index (χ1) is 11.3. The Labute approximate surface area is 141 Å². The quantitative estimate of drug-likeness (QED) is 0.881. The lowest BCUT2D eigenvalue weighted by atomic mass is 9.81. The summed E-state index contributed by atoms with van der Waals surface area (Å²) in [6.07, 6.45) is 7.40. The summed E-state index contributed by atoms with van der Waals surface area (Å²) in [6, 6.07) is 2.68. The molecule has 1 saturated carbocycles. The zero-order chi connectivity index (χ0) is 15.6. The van der Waals surface area contributed by atoms with Gasteiger partial charge in [-0.15, -0.1) is 0 Å². The lowest BCUT2D eigenvalue weighted by Gasteiger charge is -2.42. The molecule has 0 spiro atoms. The average Bonchev–Trinajstić information content (AvgIpc) is 3.19. The minimum absolute atomic E-state index is 0.614. The highest BCUT2D eigenvalue weighted by Crippen LogP contribution is 2.37. The van der Waals surface area contributed by atoms with Gasteiger partial charge in [0.05, 0.1) is 12.0 Å². The highest BCUT2D eigenvalue weighted by molar-refractivity contribution is 7.99. The molecule has 1 unspecified atom stereocenters. The van der Waals surface area contributed by atoms with E-state index >= 15 is 0 Å². The molecule has 23 heavy (non-hydrogen) atoms. The molecule has 4 rings (SSSR count).